The summed E-state index contributed by atoms with van der Waals surface area (Å²) in [6.07, 6.45) is 0. The zero-order chi connectivity index (χ0) is 14.7. The molecule has 0 bridgehead atoms. The normalized spacial score (nSPS) is 10.3. The Bertz CT molecular complexity index is 618. The number of aryl methyl sites for hydroxylation is 1. The van der Waals surface area contributed by atoms with Crippen LogP contribution in [0.4, 0.5) is 5.69 Å². The van der Waals surface area contributed by atoms with E-state index in [1.807, 2.05) is 36.2 Å². The Labute approximate surface area is 117 Å². The molecule has 0 saturated carbocycles. The fraction of sp³-hybridized carbons (Fsp3) is 0.267. The van der Waals surface area contributed by atoms with Crippen molar-refractivity contribution in [3.05, 3.63) is 47.4 Å². The van der Waals surface area contributed by atoms with Gasteiger partial charge in [-0.05, 0) is 25.1 Å². The van der Waals surface area contributed by atoms with Crippen molar-refractivity contribution in [2.24, 2.45) is 0 Å². The number of rotatable bonds is 5. The molecule has 0 spiro atoms. The molecule has 0 radical (unpaired) electrons. The van der Waals surface area contributed by atoms with Crippen LogP contribution in [0.1, 0.15) is 21.9 Å². The number of methoxy groups -OCH3 is 1. The summed E-state index contributed by atoms with van der Waals surface area (Å²) in [6.45, 7) is 2.14. The number of hydrogen-bond acceptors (Lipinski definition) is 4. The van der Waals surface area contributed by atoms with Crippen molar-refractivity contribution in [3.8, 4) is 5.75 Å². The first-order valence-corrected chi connectivity index (χ1v) is 6.19. The summed E-state index contributed by atoms with van der Waals surface area (Å²) in [6, 6.07) is 9.20. The fourth-order valence-corrected chi connectivity index (χ4v) is 2.01. The van der Waals surface area contributed by atoms with Crippen LogP contribution in [0.2, 0.25) is 0 Å². The number of benzene rings is 1. The Hall–Kier alpha value is -2.43. The third kappa shape index (κ3) is 2.93. The number of anilines is 1. The van der Waals surface area contributed by atoms with E-state index in [1.165, 1.54) is 0 Å². The Morgan fingerprint density at radius 1 is 1.40 bits per heavy atom. The van der Waals surface area contributed by atoms with E-state index < -0.39 is 5.97 Å². The van der Waals surface area contributed by atoms with Gasteiger partial charge in [0.25, 0.3) is 0 Å². The maximum atomic E-state index is 11.0. The highest BCUT2D eigenvalue weighted by molar-refractivity contribution is 5.88. The van der Waals surface area contributed by atoms with Crippen molar-refractivity contribution < 1.29 is 19.1 Å². The first-order chi connectivity index (χ1) is 9.51. The molecule has 0 saturated heterocycles. The molecule has 0 fully saturated rings. The number of nitrogens with zero attached hydrogens (tertiary/aromatic N) is 1. The molecule has 2 rings (SSSR count). The van der Waals surface area contributed by atoms with Crippen molar-refractivity contribution in [1.29, 1.82) is 0 Å². The number of furan rings is 1. The minimum absolute atomic E-state index is 0.207. The molecule has 0 aliphatic rings. The molecule has 0 atom stereocenters. The molecule has 0 aliphatic heterocycles. The van der Waals surface area contributed by atoms with Gasteiger partial charge in [-0.3, -0.25) is 0 Å². The molecule has 1 heterocycles. The van der Waals surface area contributed by atoms with Gasteiger partial charge in [0.15, 0.2) is 0 Å². The monoisotopic (exact) mass is 275 g/mol. The third-order valence-electron chi connectivity index (χ3n) is 3.09. The van der Waals surface area contributed by atoms with E-state index in [0.717, 1.165) is 11.4 Å². The Balaban J connectivity index is 2.16. The van der Waals surface area contributed by atoms with E-state index in [0.29, 0.717) is 18.1 Å². The van der Waals surface area contributed by atoms with E-state index >= 15 is 0 Å². The molecule has 2 aromatic rings. The summed E-state index contributed by atoms with van der Waals surface area (Å²) in [5, 5.41) is 9.01. The molecule has 1 aromatic heterocycles. The molecule has 1 N–H and O–H groups in total. The van der Waals surface area contributed by atoms with E-state index in [1.54, 1.807) is 20.1 Å². The van der Waals surface area contributed by atoms with Crippen LogP contribution >= 0.6 is 0 Å². The number of hydrogen-bond donors (Lipinski definition) is 1. The lowest BCUT2D eigenvalue weighted by molar-refractivity contribution is 0.0695. The molecule has 5 heteroatoms. The van der Waals surface area contributed by atoms with Crippen molar-refractivity contribution in [2.75, 3.05) is 19.1 Å². The summed E-state index contributed by atoms with van der Waals surface area (Å²) in [5.74, 6) is 0.842. The smallest absolute Gasteiger partial charge is 0.339 e. The zero-order valence-corrected chi connectivity index (χ0v) is 11.7. The lowest BCUT2D eigenvalue weighted by atomic mass is 10.2. The largest absolute Gasteiger partial charge is 0.497 e. The quantitative estimate of drug-likeness (QED) is 0.909. The number of carboxylic acids is 1. The molecular weight excluding hydrogens is 258 g/mol. The van der Waals surface area contributed by atoms with E-state index in [9.17, 15) is 4.79 Å². The van der Waals surface area contributed by atoms with Gasteiger partial charge in [-0.2, -0.15) is 0 Å². The van der Waals surface area contributed by atoms with Crippen LogP contribution in [0, 0.1) is 6.92 Å². The number of ether oxygens (including phenoxy) is 1. The maximum absolute atomic E-state index is 11.0. The fourth-order valence-electron chi connectivity index (χ4n) is 2.01. The highest BCUT2D eigenvalue weighted by Crippen LogP contribution is 2.23. The second-order valence-corrected chi connectivity index (χ2v) is 4.55. The van der Waals surface area contributed by atoms with Gasteiger partial charge in [0.2, 0.25) is 0 Å². The summed E-state index contributed by atoms with van der Waals surface area (Å²) in [5.41, 5.74) is 1.18. The average molecular weight is 275 g/mol. The lowest BCUT2D eigenvalue weighted by Gasteiger charge is -2.18. The molecule has 1 aromatic carbocycles. The SMILES string of the molecule is COc1cccc(N(C)Cc2cc(C(=O)O)c(C)o2)c1. The Morgan fingerprint density at radius 2 is 2.15 bits per heavy atom. The second-order valence-electron chi connectivity index (χ2n) is 4.55. The van der Waals surface area contributed by atoms with Crippen molar-refractivity contribution in [3.63, 3.8) is 0 Å². The summed E-state index contributed by atoms with van der Waals surface area (Å²) in [4.78, 5) is 12.9. The van der Waals surface area contributed by atoms with Gasteiger partial charge in [-0.1, -0.05) is 6.07 Å². The van der Waals surface area contributed by atoms with Gasteiger partial charge < -0.3 is 19.2 Å². The molecule has 0 unspecified atom stereocenters. The highest BCUT2D eigenvalue weighted by atomic mass is 16.5. The van der Waals surface area contributed by atoms with E-state index in [-0.39, 0.29) is 5.56 Å². The first kappa shape index (κ1) is 14.0. The maximum Gasteiger partial charge on any atom is 0.339 e. The van der Waals surface area contributed by atoms with Gasteiger partial charge >= 0.3 is 5.97 Å². The molecule has 0 aliphatic carbocycles. The molecule has 20 heavy (non-hydrogen) atoms. The van der Waals surface area contributed by atoms with Gasteiger partial charge in [0.05, 0.1) is 13.7 Å². The number of carboxylic acid groups (broad SMARTS) is 1. The molecule has 0 amide bonds. The first-order valence-electron chi connectivity index (χ1n) is 6.19. The van der Waals surface area contributed by atoms with E-state index in [4.69, 9.17) is 14.3 Å². The van der Waals surface area contributed by atoms with Crippen LogP contribution in [0.5, 0.6) is 5.75 Å². The van der Waals surface area contributed by atoms with Crippen LogP contribution in [-0.4, -0.2) is 25.2 Å². The van der Waals surface area contributed by atoms with Crippen LogP contribution in [-0.2, 0) is 6.54 Å². The predicted octanol–water partition coefficient (Wildman–Crippen LogP) is 2.93. The molecular formula is C15H17NO4. The van der Waals surface area contributed by atoms with Crippen molar-refractivity contribution in [1.82, 2.24) is 0 Å². The lowest BCUT2D eigenvalue weighted by Crippen LogP contribution is -2.15. The van der Waals surface area contributed by atoms with Crippen LogP contribution < -0.4 is 9.64 Å². The highest BCUT2D eigenvalue weighted by Gasteiger charge is 2.15. The van der Waals surface area contributed by atoms with Crippen molar-refractivity contribution >= 4 is 11.7 Å². The van der Waals surface area contributed by atoms with Gasteiger partial charge in [-0.25, -0.2) is 4.79 Å². The Kier molecular flexibility index (Phi) is 3.98. The minimum Gasteiger partial charge on any atom is -0.497 e. The molecule has 106 valence electrons. The summed E-state index contributed by atoms with van der Waals surface area (Å²) < 4.78 is 10.7. The van der Waals surface area contributed by atoms with E-state index in [2.05, 4.69) is 0 Å². The summed E-state index contributed by atoms with van der Waals surface area (Å²) >= 11 is 0. The van der Waals surface area contributed by atoms with Crippen LogP contribution in [0.15, 0.2) is 34.7 Å². The predicted molar refractivity (Wildman–Crippen MR) is 75.5 cm³/mol. The number of carbonyl (C=O) groups is 1. The van der Waals surface area contributed by atoms with Crippen LogP contribution in [0.3, 0.4) is 0 Å². The standard InChI is InChI=1S/C15H17NO4/c1-10-14(15(17)18)8-13(20-10)9-16(2)11-5-4-6-12(7-11)19-3/h4-8H,9H2,1-3H3,(H,17,18). The second kappa shape index (κ2) is 5.69. The van der Waals surface area contributed by atoms with Gasteiger partial charge in [-0.15, -0.1) is 0 Å². The third-order valence-corrected chi connectivity index (χ3v) is 3.09. The molecule has 5 nitrogen and oxygen atoms in total. The summed E-state index contributed by atoms with van der Waals surface area (Å²) in [7, 11) is 3.53. The average Bonchev–Trinajstić information content (AvgIpc) is 2.79. The van der Waals surface area contributed by atoms with Gasteiger partial charge in [0.1, 0.15) is 22.8 Å². The minimum atomic E-state index is -0.971. The van der Waals surface area contributed by atoms with Gasteiger partial charge in [0, 0.05) is 18.8 Å². The zero-order valence-electron chi connectivity index (χ0n) is 11.7. The topological polar surface area (TPSA) is 62.9 Å². The number of aromatic carboxylic acids is 1. The van der Waals surface area contributed by atoms with Crippen LogP contribution in [0.25, 0.3) is 0 Å². The van der Waals surface area contributed by atoms with Crippen molar-refractivity contribution in [2.45, 2.75) is 13.5 Å². The Morgan fingerprint density at radius 3 is 2.75 bits per heavy atom.